The molecule has 1 heterocycles. The molecule has 2 heteroatoms. The second kappa shape index (κ2) is 6.28. The largest absolute Gasteiger partial charge is 0.314 e. The lowest BCUT2D eigenvalue weighted by atomic mass is 10.00. The first-order chi connectivity index (χ1) is 9.72. The van der Waals surface area contributed by atoms with Gasteiger partial charge in [-0.1, -0.05) is 18.2 Å². The van der Waals surface area contributed by atoms with E-state index < -0.39 is 0 Å². The van der Waals surface area contributed by atoms with Crippen molar-refractivity contribution in [2.24, 2.45) is 5.92 Å². The van der Waals surface area contributed by atoms with Gasteiger partial charge in [0.25, 0.3) is 0 Å². The molecule has 2 nitrogen and oxygen atoms in total. The molecule has 1 saturated carbocycles. The van der Waals surface area contributed by atoms with Crippen LogP contribution < -0.4 is 5.32 Å². The minimum atomic E-state index is 0.768. The maximum Gasteiger partial charge on any atom is 0.0239 e. The van der Waals surface area contributed by atoms with Gasteiger partial charge in [0.15, 0.2) is 0 Å². The highest BCUT2D eigenvalue weighted by atomic mass is 15.1. The lowest BCUT2D eigenvalue weighted by Gasteiger charge is -2.33. The summed E-state index contributed by atoms with van der Waals surface area (Å²) in [5, 5.41) is 3.76. The predicted octanol–water partition coefficient (Wildman–Crippen LogP) is 3.27. The van der Waals surface area contributed by atoms with Crippen LogP contribution in [-0.2, 0) is 6.54 Å². The molecule has 2 fully saturated rings. The van der Waals surface area contributed by atoms with Gasteiger partial charge >= 0.3 is 0 Å². The number of hydrogen-bond acceptors (Lipinski definition) is 2. The third-order valence-electron chi connectivity index (χ3n) is 5.01. The van der Waals surface area contributed by atoms with Crippen molar-refractivity contribution in [1.82, 2.24) is 10.2 Å². The molecule has 1 aliphatic carbocycles. The van der Waals surface area contributed by atoms with E-state index in [2.05, 4.69) is 42.3 Å². The zero-order valence-electron chi connectivity index (χ0n) is 13.0. The third kappa shape index (κ3) is 3.62. The normalized spacial score (nSPS) is 21.3. The number of rotatable bonds is 5. The van der Waals surface area contributed by atoms with E-state index in [1.165, 1.54) is 62.0 Å². The van der Waals surface area contributed by atoms with Crippen molar-refractivity contribution in [3.05, 3.63) is 34.9 Å². The molecular formula is C18H28N2. The average molecular weight is 272 g/mol. The second-order valence-electron chi connectivity index (χ2n) is 6.77. The molecule has 1 aromatic rings. The third-order valence-corrected chi connectivity index (χ3v) is 5.01. The SMILES string of the molecule is Cc1cccc(C)c1CN1CCC(NCC2CC2)CC1. The summed E-state index contributed by atoms with van der Waals surface area (Å²) < 4.78 is 0. The Morgan fingerprint density at radius 1 is 1.05 bits per heavy atom. The van der Waals surface area contributed by atoms with Gasteiger partial charge in [-0.05, 0) is 81.8 Å². The highest BCUT2D eigenvalue weighted by molar-refractivity contribution is 5.33. The summed E-state index contributed by atoms with van der Waals surface area (Å²) in [6, 6.07) is 7.42. The number of nitrogens with one attached hydrogen (secondary N) is 1. The van der Waals surface area contributed by atoms with Gasteiger partial charge in [0.1, 0.15) is 0 Å². The van der Waals surface area contributed by atoms with Crippen LogP contribution in [0, 0.1) is 19.8 Å². The van der Waals surface area contributed by atoms with Crippen LogP contribution in [0.3, 0.4) is 0 Å². The van der Waals surface area contributed by atoms with Crippen LogP contribution in [0.5, 0.6) is 0 Å². The maximum absolute atomic E-state index is 3.76. The highest BCUT2D eigenvalue weighted by Crippen LogP contribution is 2.28. The van der Waals surface area contributed by atoms with E-state index in [1.54, 1.807) is 0 Å². The first kappa shape index (κ1) is 14.1. The molecule has 20 heavy (non-hydrogen) atoms. The van der Waals surface area contributed by atoms with Crippen molar-refractivity contribution in [2.75, 3.05) is 19.6 Å². The Labute approximate surface area is 123 Å². The van der Waals surface area contributed by atoms with Crippen LogP contribution in [0.1, 0.15) is 42.4 Å². The Morgan fingerprint density at radius 2 is 1.70 bits per heavy atom. The van der Waals surface area contributed by atoms with Crippen LogP contribution in [-0.4, -0.2) is 30.6 Å². The van der Waals surface area contributed by atoms with Crippen LogP contribution in [0.25, 0.3) is 0 Å². The molecule has 3 rings (SSSR count). The molecule has 1 aliphatic heterocycles. The average Bonchev–Trinajstić information content (AvgIpc) is 3.26. The summed E-state index contributed by atoms with van der Waals surface area (Å²) in [7, 11) is 0. The summed E-state index contributed by atoms with van der Waals surface area (Å²) >= 11 is 0. The molecule has 0 spiro atoms. The number of aryl methyl sites for hydroxylation is 2. The number of benzene rings is 1. The first-order valence-electron chi connectivity index (χ1n) is 8.23. The number of piperidine rings is 1. The van der Waals surface area contributed by atoms with Crippen molar-refractivity contribution in [2.45, 2.75) is 52.1 Å². The fourth-order valence-electron chi connectivity index (χ4n) is 3.27. The van der Waals surface area contributed by atoms with Crippen molar-refractivity contribution < 1.29 is 0 Å². The van der Waals surface area contributed by atoms with E-state index in [1.807, 2.05) is 0 Å². The Kier molecular flexibility index (Phi) is 4.42. The van der Waals surface area contributed by atoms with Crippen LogP contribution >= 0.6 is 0 Å². The molecular weight excluding hydrogens is 244 g/mol. The molecule has 1 saturated heterocycles. The summed E-state index contributed by atoms with van der Waals surface area (Å²) in [5.41, 5.74) is 4.43. The highest BCUT2D eigenvalue weighted by Gasteiger charge is 2.24. The molecule has 0 aromatic heterocycles. The van der Waals surface area contributed by atoms with Gasteiger partial charge < -0.3 is 5.32 Å². The van der Waals surface area contributed by atoms with E-state index in [4.69, 9.17) is 0 Å². The summed E-state index contributed by atoms with van der Waals surface area (Å²) in [4.78, 5) is 2.63. The number of nitrogens with zero attached hydrogens (tertiary/aromatic N) is 1. The lowest BCUT2D eigenvalue weighted by molar-refractivity contribution is 0.189. The zero-order valence-corrected chi connectivity index (χ0v) is 13.0. The molecule has 1 N–H and O–H groups in total. The Balaban J connectivity index is 1.48. The molecule has 2 aliphatic rings. The Bertz CT molecular complexity index is 422. The molecule has 0 unspecified atom stereocenters. The predicted molar refractivity (Wildman–Crippen MR) is 84.9 cm³/mol. The standard InChI is InChI=1S/C18H28N2/c1-14-4-3-5-15(2)18(14)13-20-10-8-17(9-11-20)19-12-16-6-7-16/h3-5,16-17,19H,6-13H2,1-2H3. The monoisotopic (exact) mass is 272 g/mol. The van der Waals surface area contributed by atoms with Crippen molar-refractivity contribution in [3.8, 4) is 0 Å². The van der Waals surface area contributed by atoms with Crippen LogP contribution in [0.2, 0.25) is 0 Å². The Hall–Kier alpha value is -0.860. The second-order valence-corrected chi connectivity index (χ2v) is 6.77. The van der Waals surface area contributed by atoms with Gasteiger partial charge in [0.05, 0.1) is 0 Å². The number of hydrogen-bond donors (Lipinski definition) is 1. The van der Waals surface area contributed by atoms with Gasteiger partial charge in [-0.25, -0.2) is 0 Å². The lowest BCUT2D eigenvalue weighted by Crippen LogP contribution is -2.42. The summed E-state index contributed by atoms with van der Waals surface area (Å²) in [5.74, 6) is 1.00. The molecule has 110 valence electrons. The van der Waals surface area contributed by atoms with E-state index >= 15 is 0 Å². The van der Waals surface area contributed by atoms with Gasteiger partial charge in [-0.3, -0.25) is 4.90 Å². The molecule has 0 atom stereocenters. The topological polar surface area (TPSA) is 15.3 Å². The van der Waals surface area contributed by atoms with Crippen LogP contribution in [0.4, 0.5) is 0 Å². The van der Waals surface area contributed by atoms with Gasteiger partial charge in [-0.2, -0.15) is 0 Å². The van der Waals surface area contributed by atoms with E-state index in [0.717, 1.165) is 18.5 Å². The maximum atomic E-state index is 3.76. The van der Waals surface area contributed by atoms with Gasteiger partial charge in [-0.15, -0.1) is 0 Å². The molecule has 1 aromatic carbocycles. The van der Waals surface area contributed by atoms with E-state index in [-0.39, 0.29) is 0 Å². The zero-order chi connectivity index (χ0) is 13.9. The van der Waals surface area contributed by atoms with Gasteiger partial charge in [0.2, 0.25) is 0 Å². The van der Waals surface area contributed by atoms with Crippen LogP contribution in [0.15, 0.2) is 18.2 Å². The summed E-state index contributed by atoms with van der Waals surface area (Å²) in [6.45, 7) is 9.38. The first-order valence-corrected chi connectivity index (χ1v) is 8.23. The molecule has 0 bridgehead atoms. The molecule has 0 amide bonds. The van der Waals surface area contributed by atoms with Crippen molar-refractivity contribution in [3.63, 3.8) is 0 Å². The van der Waals surface area contributed by atoms with Crippen molar-refractivity contribution in [1.29, 1.82) is 0 Å². The van der Waals surface area contributed by atoms with Crippen molar-refractivity contribution >= 4 is 0 Å². The minimum Gasteiger partial charge on any atom is -0.314 e. The number of likely N-dealkylation sites (tertiary alicyclic amines) is 1. The van der Waals surface area contributed by atoms with Gasteiger partial charge in [0, 0.05) is 12.6 Å². The quantitative estimate of drug-likeness (QED) is 0.885. The minimum absolute atomic E-state index is 0.768. The van der Waals surface area contributed by atoms with E-state index in [9.17, 15) is 0 Å². The fourth-order valence-corrected chi connectivity index (χ4v) is 3.27. The fraction of sp³-hybridized carbons (Fsp3) is 0.667. The summed E-state index contributed by atoms with van der Waals surface area (Å²) in [6.07, 6.45) is 5.55. The smallest absolute Gasteiger partial charge is 0.0239 e. The molecule has 0 radical (unpaired) electrons. The Morgan fingerprint density at radius 3 is 2.30 bits per heavy atom. The van der Waals surface area contributed by atoms with E-state index in [0.29, 0.717) is 0 Å².